The number of carbonyl (C=O) groups excluding carboxylic acids is 3. The Hall–Kier alpha value is -3.18. The maximum atomic E-state index is 13.0. The van der Waals surface area contributed by atoms with Gasteiger partial charge in [-0.2, -0.15) is 0 Å². The largest absolute Gasteiger partial charge is 0.483 e. The highest BCUT2D eigenvalue weighted by molar-refractivity contribution is 9.10. The first-order chi connectivity index (χ1) is 14.7. The zero-order valence-corrected chi connectivity index (χ0v) is 18.0. The summed E-state index contributed by atoms with van der Waals surface area (Å²) >= 11 is 3.92. The highest BCUT2D eigenvalue weighted by Gasteiger charge is 2.36. The van der Waals surface area contributed by atoms with Crippen LogP contribution in [-0.2, 0) is 14.4 Å². The second kappa shape index (κ2) is 9.75. The number of hydrogen-bond acceptors (Lipinski definition) is 6. The zero-order valence-electron chi connectivity index (χ0n) is 15.6. The molecule has 31 heavy (non-hydrogen) atoms. The van der Waals surface area contributed by atoms with Crippen molar-refractivity contribution in [1.29, 1.82) is 0 Å². The Bertz CT molecular complexity index is 1090. The number of hydrogen-bond donors (Lipinski definition) is 2. The van der Waals surface area contributed by atoms with Crippen LogP contribution in [0.3, 0.4) is 0 Å². The van der Waals surface area contributed by atoms with Crippen molar-refractivity contribution in [2.24, 2.45) is 0 Å². The molecule has 0 radical (unpaired) electrons. The SMILES string of the molecule is O=C(O)CN1C(=O)S/C(=C\c2cc(Br)ccc2OCC(=O)Nc2ccc(F)cc2)C1=O. The molecule has 1 aliphatic rings. The Morgan fingerprint density at radius 2 is 1.90 bits per heavy atom. The molecule has 0 spiro atoms. The van der Waals surface area contributed by atoms with Crippen LogP contribution in [-0.4, -0.2) is 46.2 Å². The third-order valence-corrected chi connectivity index (χ3v) is 5.31. The molecule has 11 heteroatoms. The molecule has 3 rings (SSSR count). The van der Waals surface area contributed by atoms with Crippen molar-refractivity contribution in [1.82, 2.24) is 4.90 Å². The van der Waals surface area contributed by atoms with Gasteiger partial charge in [-0.15, -0.1) is 0 Å². The molecule has 2 aromatic carbocycles. The van der Waals surface area contributed by atoms with Crippen molar-refractivity contribution in [2.45, 2.75) is 0 Å². The second-order valence-electron chi connectivity index (χ2n) is 6.19. The van der Waals surface area contributed by atoms with Gasteiger partial charge in [0.2, 0.25) is 0 Å². The Morgan fingerprint density at radius 3 is 2.58 bits per heavy atom. The minimum Gasteiger partial charge on any atom is -0.483 e. The number of nitrogens with one attached hydrogen (secondary N) is 1. The molecule has 0 bridgehead atoms. The van der Waals surface area contributed by atoms with E-state index in [0.29, 0.717) is 32.4 Å². The van der Waals surface area contributed by atoms with Gasteiger partial charge in [0.05, 0.1) is 4.91 Å². The minimum atomic E-state index is -1.30. The summed E-state index contributed by atoms with van der Waals surface area (Å²) in [6, 6.07) is 10.1. The number of carbonyl (C=O) groups is 4. The molecule has 0 saturated carbocycles. The van der Waals surface area contributed by atoms with E-state index in [0.717, 1.165) is 0 Å². The van der Waals surface area contributed by atoms with E-state index in [1.54, 1.807) is 18.2 Å². The molecule has 160 valence electrons. The van der Waals surface area contributed by atoms with Gasteiger partial charge in [-0.25, -0.2) is 4.39 Å². The van der Waals surface area contributed by atoms with Crippen molar-refractivity contribution < 1.29 is 33.4 Å². The average molecular weight is 509 g/mol. The Labute approximate surface area is 188 Å². The quantitative estimate of drug-likeness (QED) is 0.547. The summed E-state index contributed by atoms with van der Waals surface area (Å²) in [5.41, 5.74) is 0.808. The van der Waals surface area contributed by atoms with E-state index in [1.165, 1.54) is 30.3 Å². The van der Waals surface area contributed by atoms with Crippen LogP contribution in [0.2, 0.25) is 0 Å². The predicted molar refractivity (Wildman–Crippen MR) is 115 cm³/mol. The van der Waals surface area contributed by atoms with E-state index in [1.807, 2.05) is 0 Å². The molecular formula is C20H14BrFN2O6S. The number of halogens is 2. The van der Waals surface area contributed by atoms with Crippen LogP contribution in [0.25, 0.3) is 6.08 Å². The van der Waals surface area contributed by atoms with Crippen LogP contribution in [0.5, 0.6) is 5.75 Å². The summed E-state index contributed by atoms with van der Waals surface area (Å²) in [6.45, 7) is -1.09. The molecule has 1 heterocycles. The third kappa shape index (κ3) is 5.92. The van der Waals surface area contributed by atoms with Gasteiger partial charge in [0.15, 0.2) is 6.61 Å². The first kappa shape index (κ1) is 22.5. The first-order valence-electron chi connectivity index (χ1n) is 8.68. The summed E-state index contributed by atoms with van der Waals surface area (Å²) < 4.78 is 19.2. The number of carboxylic acid groups (broad SMARTS) is 1. The van der Waals surface area contributed by atoms with Gasteiger partial charge < -0.3 is 15.2 Å². The number of imide groups is 1. The molecule has 1 fully saturated rings. The Balaban J connectivity index is 1.73. The number of rotatable bonds is 7. The number of nitrogens with zero attached hydrogens (tertiary/aromatic N) is 1. The molecule has 2 N–H and O–H groups in total. The van der Waals surface area contributed by atoms with Gasteiger partial charge >= 0.3 is 5.97 Å². The Morgan fingerprint density at radius 1 is 1.19 bits per heavy atom. The van der Waals surface area contributed by atoms with Gasteiger partial charge in [-0.05, 0) is 60.3 Å². The smallest absolute Gasteiger partial charge is 0.323 e. The molecule has 3 amide bonds. The highest BCUT2D eigenvalue weighted by Crippen LogP contribution is 2.34. The van der Waals surface area contributed by atoms with Crippen molar-refractivity contribution in [3.05, 3.63) is 63.2 Å². The second-order valence-corrected chi connectivity index (χ2v) is 8.10. The molecule has 0 unspecified atom stereocenters. The lowest BCUT2D eigenvalue weighted by molar-refractivity contribution is -0.140. The molecule has 8 nitrogen and oxygen atoms in total. The third-order valence-electron chi connectivity index (χ3n) is 3.91. The summed E-state index contributed by atoms with van der Waals surface area (Å²) in [5.74, 6) is -2.68. The number of aliphatic carboxylic acids is 1. The van der Waals surface area contributed by atoms with Crippen molar-refractivity contribution >= 4 is 62.5 Å². The van der Waals surface area contributed by atoms with Gasteiger partial charge in [0.25, 0.3) is 17.1 Å². The molecule has 1 aliphatic heterocycles. The van der Waals surface area contributed by atoms with E-state index < -0.39 is 35.4 Å². The van der Waals surface area contributed by atoms with Gasteiger partial charge in [-0.1, -0.05) is 15.9 Å². The van der Waals surface area contributed by atoms with Crippen LogP contribution >= 0.6 is 27.7 Å². The maximum absolute atomic E-state index is 13.0. The molecular weight excluding hydrogens is 495 g/mol. The number of anilines is 1. The zero-order chi connectivity index (χ0) is 22.5. The van der Waals surface area contributed by atoms with Gasteiger partial charge in [-0.3, -0.25) is 24.1 Å². The van der Waals surface area contributed by atoms with Crippen molar-refractivity contribution in [3.63, 3.8) is 0 Å². The molecule has 0 aromatic heterocycles. The van der Waals surface area contributed by atoms with Crippen LogP contribution < -0.4 is 10.1 Å². The molecule has 0 aliphatic carbocycles. The number of thioether (sulfide) groups is 1. The normalized spacial score (nSPS) is 14.8. The van der Waals surface area contributed by atoms with Crippen LogP contribution in [0.15, 0.2) is 51.8 Å². The summed E-state index contributed by atoms with van der Waals surface area (Å²) in [4.78, 5) is 47.9. The fraction of sp³-hybridized carbons (Fsp3) is 0.100. The minimum absolute atomic E-state index is 0.0324. The number of carboxylic acids is 1. The van der Waals surface area contributed by atoms with E-state index in [9.17, 15) is 23.6 Å². The topological polar surface area (TPSA) is 113 Å². The fourth-order valence-electron chi connectivity index (χ4n) is 2.55. The molecule has 0 atom stereocenters. The average Bonchev–Trinajstić information content (AvgIpc) is 2.96. The van der Waals surface area contributed by atoms with E-state index in [2.05, 4.69) is 21.2 Å². The van der Waals surface area contributed by atoms with Crippen LogP contribution in [0, 0.1) is 5.82 Å². The maximum Gasteiger partial charge on any atom is 0.323 e. The van der Waals surface area contributed by atoms with Crippen LogP contribution in [0.1, 0.15) is 5.56 Å². The lowest BCUT2D eigenvalue weighted by atomic mass is 10.2. The summed E-state index contributed by atoms with van der Waals surface area (Å²) in [6.07, 6.45) is 1.39. The van der Waals surface area contributed by atoms with E-state index in [4.69, 9.17) is 9.84 Å². The lowest BCUT2D eigenvalue weighted by Gasteiger charge is -2.11. The number of ether oxygens (including phenoxy) is 1. The fourth-order valence-corrected chi connectivity index (χ4v) is 3.76. The van der Waals surface area contributed by atoms with Gasteiger partial charge in [0, 0.05) is 15.7 Å². The Kier molecular flexibility index (Phi) is 7.08. The van der Waals surface area contributed by atoms with E-state index >= 15 is 0 Å². The molecule has 1 saturated heterocycles. The monoisotopic (exact) mass is 508 g/mol. The summed E-state index contributed by atoms with van der Waals surface area (Å²) in [5, 5.41) is 10.7. The standard InChI is InChI=1S/C20H14BrFN2O6S/c21-12-1-6-15(30-10-17(25)23-14-4-2-13(22)3-5-14)11(7-12)8-16-19(28)24(9-18(26)27)20(29)31-16/h1-8H,9-10H2,(H,23,25)(H,26,27)/b16-8-. The van der Waals surface area contributed by atoms with Gasteiger partial charge in [0.1, 0.15) is 18.1 Å². The van der Waals surface area contributed by atoms with Crippen molar-refractivity contribution in [2.75, 3.05) is 18.5 Å². The number of amides is 3. The molecule has 2 aromatic rings. The first-order valence-corrected chi connectivity index (χ1v) is 10.3. The highest BCUT2D eigenvalue weighted by atomic mass is 79.9. The summed E-state index contributed by atoms with van der Waals surface area (Å²) in [7, 11) is 0. The van der Waals surface area contributed by atoms with E-state index in [-0.39, 0.29) is 17.3 Å². The lowest BCUT2D eigenvalue weighted by Crippen LogP contribution is -2.33. The number of benzene rings is 2. The van der Waals surface area contributed by atoms with Crippen LogP contribution in [0.4, 0.5) is 14.9 Å². The predicted octanol–water partition coefficient (Wildman–Crippen LogP) is 3.73. The van der Waals surface area contributed by atoms with Crippen molar-refractivity contribution in [3.8, 4) is 5.75 Å².